The third-order valence-electron chi connectivity index (χ3n) is 6.26. The summed E-state index contributed by atoms with van der Waals surface area (Å²) >= 11 is 0. The highest BCUT2D eigenvalue weighted by molar-refractivity contribution is 7.89. The SMILES string of the molecule is COc1ccc([C@@H](C)NC(=O)c2cc(NCc3ccc(OC)c(C)c3OC)cc(S(=O)(=O)N(C)C)c2)cc1. The van der Waals surface area contributed by atoms with E-state index >= 15 is 0 Å². The molecular formula is C28H35N3O6S. The zero-order valence-corrected chi connectivity index (χ0v) is 23.6. The quantitative estimate of drug-likeness (QED) is 0.371. The average Bonchev–Trinajstić information content (AvgIpc) is 2.91. The Morgan fingerprint density at radius 1 is 0.947 bits per heavy atom. The van der Waals surface area contributed by atoms with Crippen molar-refractivity contribution in [1.29, 1.82) is 0 Å². The average molecular weight is 542 g/mol. The Morgan fingerprint density at radius 2 is 1.63 bits per heavy atom. The predicted molar refractivity (Wildman–Crippen MR) is 148 cm³/mol. The lowest BCUT2D eigenvalue weighted by Crippen LogP contribution is -2.27. The van der Waals surface area contributed by atoms with Crippen molar-refractivity contribution in [3.63, 3.8) is 0 Å². The molecule has 0 spiro atoms. The zero-order valence-electron chi connectivity index (χ0n) is 22.8. The number of benzene rings is 3. The monoisotopic (exact) mass is 541 g/mol. The van der Waals surface area contributed by atoms with Crippen LogP contribution in [0.1, 0.15) is 40.0 Å². The molecule has 3 rings (SSSR count). The molecule has 3 aromatic carbocycles. The summed E-state index contributed by atoms with van der Waals surface area (Å²) in [6.07, 6.45) is 0. The number of ether oxygens (including phenoxy) is 3. The van der Waals surface area contributed by atoms with Gasteiger partial charge in [0.1, 0.15) is 17.2 Å². The number of amides is 1. The predicted octanol–water partition coefficient (Wildman–Crippen LogP) is 4.37. The standard InChI is InChI=1S/C28H35N3O6S/c1-18-26(36-6)13-10-21(27(18)37-7)17-29-23-14-22(15-25(16-23)38(33,34)31(3)4)28(32)30-19(2)20-8-11-24(35-5)12-9-20/h8-16,19,29H,17H2,1-7H3,(H,30,32)/t19-/m1/s1. The van der Waals surface area contributed by atoms with Crippen molar-refractivity contribution in [2.24, 2.45) is 0 Å². The molecule has 0 saturated heterocycles. The minimum atomic E-state index is -3.80. The number of carbonyl (C=O) groups is 1. The van der Waals surface area contributed by atoms with E-state index < -0.39 is 15.9 Å². The van der Waals surface area contributed by atoms with Gasteiger partial charge in [-0.1, -0.05) is 12.1 Å². The topological polar surface area (TPSA) is 106 Å². The maximum Gasteiger partial charge on any atom is 0.251 e. The van der Waals surface area contributed by atoms with Crippen molar-refractivity contribution < 1.29 is 27.4 Å². The summed E-state index contributed by atoms with van der Waals surface area (Å²) in [4.78, 5) is 13.2. The normalized spacial score (nSPS) is 12.1. The van der Waals surface area contributed by atoms with Crippen LogP contribution in [-0.4, -0.2) is 54.1 Å². The van der Waals surface area contributed by atoms with Crippen molar-refractivity contribution in [1.82, 2.24) is 9.62 Å². The molecule has 0 aliphatic carbocycles. The Labute approximate surface area is 224 Å². The molecule has 3 aromatic rings. The van der Waals surface area contributed by atoms with Gasteiger partial charge in [-0.05, 0) is 61.9 Å². The van der Waals surface area contributed by atoms with E-state index in [1.165, 1.54) is 26.2 Å². The van der Waals surface area contributed by atoms with Gasteiger partial charge in [-0.3, -0.25) is 4.79 Å². The Kier molecular flexibility index (Phi) is 9.24. The highest BCUT2D eigenvalue weighted by atomic mass is 32.2. The van der Waals surface area contributed by atoms with Gasteiger partial charge >= 0.3 is 0 Å². The molecule has 0 heterocycles. The fourth-order valence-electron chi connectivity index (χ4n) is 4.02. The number of methoxy groups -OCH3 is 3. The van der Waals surface area contributed by atoms with E-state index in [0.29, 0.717) is 29.5 Å². The third-order valence-corrected chi connectivity index (χ3v) is 8.05. The van der Waals surface area contributed by atoms with Crippen molar-refractivity contribution in [2.75, 3.05) is 40.7 Å². The van der Waals surface area contributed by atoms with E-state index in [1.807, 2.05) is 50.2 Å². The van der Waals surface area contributed by atoms with Gasteiger partial charge in [0.05, 0.1) is 32.3 Å². The van der Waals surface area contributed by atoms with Crippen LogP contribution in [0.5, 0.6) is 17.2 Å². The van der Waals surface area contributed by atoms with Gasteiger partial charge in [-0.25, -0.2) is 12.7 Å². The van der Waals surface area contributed by atoms with E-state index in [1.54, 1.807) is 27.4 Å². The van der Waals surface area contributed by atoms with Crippen LogP contribution in [0.2, 0.25) is 0 Å². The van der Waals surface area contributed by atoms with Crippen LogP contribution in [0, 0.1) is 6.92 Å². The summed E-state index contributed by atoms with van der Waals surface area (Å²) in [6.45, 7) is 4.10. The first-order valence-electron chi connectivity index (χ1n) is 12.0. The summed E-state index contributed by atoms with van der Waals surface area (Å²) in [6, 6.07) is 15.3. The number of hydrogen-bond acceptors (Lipinski definition) is 7. The van der Waals surface area contributed by atoms with Crippen molar-refractivity contribution in [3.8, 4) is 17.2 Å². The second-order valence-electron chi connectivity index (χ2n) is 8.94. The summed E-state index contributed by atoms with van der Waals surface area (Å²) < 4.78 is 43.2. The van der Waals surface area contributed by atoms with Gasteiger partial charge in [-0.15, -0.1) is 0 Å². The van der Waals surface area contributed by atoms with E-state index in [2.05, 4.69) is 10.6 Å². The lowest BCUT2D eigenvalue weighted by atomic mass is 10.1. The maximum absolute atomic E-state index is 13.2. The zero-order chi connectivity index (χ0) is 28.0. The number of carbonyl (C=O) groups excluding carboxylic acids is 1. The van der Waals surface area contributed by atoms with Gasteiger partial charge in [0.2, 0.25) is 10.0 Å². The molecule has 0 aromatic heterocycles. The summed E-state index contributed by atoms with van der Waals surface area (Å²) in [5.41, 5.74) is 3.28. The second-order valence-corrected chi connectivity index (χ2v) is 11.1. The molecule has 2 N–H and O–H groups in total. The fourth-order valence-corrected chi connectivity index (χ4v) is 4.99. The molecule has 0 fully saturated rings. The van der Waals surface area contributed by atoms with Gasteiger partial charge in [0, 0.05) is 43.0 Å². The molecule has 0 radical (unpaired) electrons. The number of rotatable bonds is 11. The maximum atomic E-state index is 13.2. The molecule has 0 aliphatic heterocycles. The van der Waals surface area contributed by atoms with Crippen LogP contribution in [0.3, 0.4) is 0 Å². The minimum Gasteiger partial charge on any atom is -0.497 e. The number of hydrogen-bond donors (Lipinski definition) is 2. The van der Waals surface area contributed by atoms with Crippen LogP contribution in [0.25, 0.3) is 0 Å². The first-order valence-corrected chi connectivity index (χ1v) is 13.4. The Morgan fingerprint density at radius 3 is 2.21 bits per heavy atom. The molecule has 1 amide bonds. The van der Waals surface area contributed by atoms with E-state index in [0.717, 1.165) is 21.0 Å². The number of nitrogens with one attached hydrogen (secondary N) is 2. The van der Waals surface area contributed by atoms with Crippen LogP contribution < -0.4 is 24.8 Å². The fraction of sp³-hybridized carbons (Fsp3) is 0.321. The third kappa shape index (κ3) is 6.38. The van der Waals surface area contributed by atoms with Gasteiger partial charge < -0.3 is 24.8 Å². The molecule has 0 aliphatic rings. The van der Waals surface area contributed by atoms with Crippen LogP contribution in [0.4, 0.5) is 5.69 Å². The van der Waals surface area contributed by atoms with Crippen molar-refractivity contribution >= 4 is 21.6 Å². The molecule has 204 valence electrons. The Bertz CT molecular complexity index is 1390. The molecule has 0 unspecified atom stereocenters. The molecule has 0 bridgehead atoms. The summed E-state index contributed by atoms with van der Waals surface area (Å²) in [5.74, 6) is 1.69. The van der Waals surface area contributed by atoms with Crippen molar-refractivity contribution in [2.45, 2.75) is 31.3 Å². The summed E-state index contributed by atoms with van der Waals surface area (Å²) in [7, 11) is 3.87. The lowest BCUT2D eigenvalue weighted by molar-refractivity contribution is 0.0939. The first kappa shape index (κ1) is 28.8. The molecule has 38 heavy (non-hydrogen) atoms. The largest absolute Gasteiger partial charge is 0.497 e. The van der Waals surface area contributed by atoms with E-state index in [-0.39, 0.29) is 16.5 Å². The number of sulfonamides is 1. The number of anilines is 1. The Balaban J connectivity index is 1.92. The van der Waals surface area contributed by atoms with Crippen LogP contribution in [0.15, 0.2) is 59.5 Å². The first-order chi connectivity index (χ1) is 18.0. The van der Waals surface area contributed by atoms with E-state index in [9.17, 15) is 13.2 Å². The minimum absolute atomic E-state index is 0.00706. The molecular weight excluding hydrogens is 506 g/mol. The molecule has 1 atom stereocenters. The molecule has 0 saturated carbocycles. The smallest absolute Gasteiger partial charge is 0.251 e. The number of nitrogens with zero attached hydrogens (tertiary/aromatic N) is 1. The van der Waals surface area contributed by atoms with Crippen molar-refractivity contribution in [3.05, 3.63) is 76.9 Å². The van der Waals surface area contributed by atoms with Gasteiger partial charge in [0.25, 0.3) is 5.91 Å². The second kappa shape index (κ2) is 12.2. The lowest BCUT2D eigenvalue weighted by Gasteiger charge is -2.18. The Hall–Kier alpha value is -3.76. The van der Waals surface area contributed by atoms with Crippen LogP contribution >= 0.6 is 0 Å². The highest BCUT2D eigenvalue weighted by Gasteiger charge is 2.22. The summed E-state index contributed by atoms with van der Waals surface area (Å²) in [5, 5.41) is 6.19. The molecule has 9 nitrogen and oxygen atoms in total. The molecule has 10 heteroatoms. The van der Waals surface area contributed by atoms with E-state index in [4.69, 9.17) is 14.2 Å². The highest BCUT2D eigenvalue weighted by Crippen LogP contribution is 2.32. The van der Waals surface area contributed by atoms with Gasteiger partial charge in [-0.2, -0.15) is 0 Å². The van der Waals surface area contributed by atoms with Crippen LogP contribution in [-0.2, 0) is 16.6 Å². The van der Waals surface area contributed by atoms with Gasteiger partial charge in [0.15, 0.2) is 0 Å².